The summed E-state index contributed by atoms with van der Waals surface area (Å²) in [7, 11) is 0. The Morgan fingerprint density at radius 2 is 1.87 bits per heavy atom. The molecular formula is C21H19Cl4N3O2. The van der Waals surface area contributed by atoms with E-state index in [-0.39, 0.29) is 12.5 Å². The Morgan fingerprint density at radius 3 is 2.60 bits per heavy atom. The highest BCUT2D eigenvalue weighted by molar-refractivity contribution is 6.43. The minimum Gasteiger partial charge on any atom is -0.487 e. The van der Waals surface area contributed by atoms with Gasteiger partial charge in [0.05, 0.1) is 10.7 Å². The molecule has 0 aliphatic rings. The number of amides is 1. The molecule has 3 aromatic rings. The summed E-state index contributed by atoms with van der Waals surface area (Å²) >= 11 is 24.3. The summed E-state index contributed by atoms with van der Waals surface area (Å²) in [4.78, 5) is 12.4. The molecule has 2 aromatic carbocycles. The number of rotatable bonds is 8. The van der Waals surface area contributed by atoms with Gasteiger partial charge in [-0.15, -0.1) is 0 Å². The van der Waals surface area contributed by atoms with E-state index in [0.29, 0.717) is 56.7 Å². The number of nitrogens with one attached hydrogen (secondary N) is 1. The van der Waals surface area contributed by atoms with E-state index >= 15 is 0 Å². The van der Waals surface area contributed by atoms with Crippen LogP contribution in [-0.2, 0) is 13.2 Å². The van der Waals surface area contributed by atoms with Crippen molar-refractivity contribution < 1.29 is 9.53 Å². The number of benzene rings is 2. The third-order valence-electron chi connectivity index (χ3n) is 4.33. The fourth-order valence-corrected chi connectivity index (χ4v) is 3.51. The van der Waals surface area contributed by atoms with Crippen molar-refractivity contribution in [3.05, 3.63) is 79.5 Å². The van der Waals surface area contributed by atoms with Gasteiger partial charge in [0, 0.05) is 18.7 Å². The molecule has 1 N–H and O–H groups in total. The first-order chi connectivity index (χ1) is 14.4. The van der Waals surface area contributed by atoms with E-state index in [0.717, 1.165) is 5.56 Å². The van der Waals surface area contributed by atoms with Crippen molar-refractivity contribution in [2.75, 3.05) is 6.54 Å². The largest absolute Gasteiger partial charge is 0.487 e. The second-order valence-electron chi connectivity index (χ2n) is 6.56. The Labute approximate surface area is 194 Å². The Bertz CT molecular complexity index is 1050. The molecule has 1 heterocycles. The molecule has 0 spiro atoms. The first-order valence-electron chi connectivity index (χ1n) is 9.19. The molecule has 0 saturated carbocycles. The average Bonchev–Trinajstić information content (AvgIpc) is 2.99. The van der Waals surface area contributed by atoms with Gasteiger partial charge in [0.25, 0.3) is 5.91 Å². The molecule has 1 aromatic heterocycles. The lowest BCUT2D eigenvalue weighted by molar-refractivity contribution is 0.0952. The maximum atomic E-state index is 12.4. The lowest BCUT2D eigenvalue weighted by Gasteiger charge is -2.10. The minimum absolute atomic E-state index is 0.168. The number of halogens is 4. The van der Waals surface area contributed by atoms with Crippen LogP contribution in [0, 0.1) is 6.92 Å². The number of carbonyl (C=O) groups is 1. The van der Waals surface area contributed by atoms with Crippen LogP contribution < -0.4 is 10.1 Å². The van der Waals surface area contributed by atoms with E-state index in [9.17, 15) is 4.79 Å². The molecule has 0 atom stereocenters. The van der Waals surface area contributed by atoms with Gasteiger partial charge in [-0.25, -0.2) is 0 Å². The van der Waals surface area contributed by atoms with Gasteiger partial charge in [-0.2, -0.15) is 5.10 Å². The molecule has 0 aliphatic carbocycles. The van der Waals surface area contributed by atoms with E-state index < -0.39 is 0 Å². The van der Waals surface area contributed by atoms with E-state index in [1.807, 2.05) is 12.1 Å². The maximum Gasteiger partial charge on any atom is 0.251 e. The fraction of sp³-hybridized carbons (Fsp3) is 0.238. The Morgan fingerprint density at radius 1 is 1.10 bits per heavy atom. The summed E-state index contributed by atoms with van der Waals surface area (Å²) in [6.45, 7) is 3.09. The van der Waals surface area contributed by atoms with Crippen molar-refractivity contribution in [3.63, 3.8) is 0 Å². The van der Waals surface area contributed by atoms with Crippen LogP contribution >= 0.6 is 46.4 Å². The van der Waals surface area contributed by atoms with Gasteiger partial charge in [-0.3, -0.25) is 9.48 Å². The van der Waals surface area contributed by atoms with E-state index in [1.54, 1.807) is 41.9 Å². The van der Waals surface area contributed by atoms with Crippen LogP contribution in [0.1, 0.15) is 28.0 Å². The fourth-order valence-electron chi connectivity index (χ4n) is 2.77. The quantitative estimate of drug-likeness (QED) is 0.385. The smallest absolute Gasteiger partial charge is 0.251 e. The number of hydrogen-bond acceptors (Lipinski definition) is 3. The van der Waals surface area contributed by atoms with Crippen molar-refractivity contribution in [1.82, 2.24) is 15.1 Å². The third-order valence-corrected chi connectivity index (χ3v) is 6.06. The molecule has 9 heteroatoms. The average molecular weight is 487 g/mol. The molecule has 5 nitrogen and oxygen atoms in total. The standard InChI is InChI=1S/C21H19Cl4N3O2/c1-13-18(23)20(25)28(27-13)10-4-9-26-21(29)15-6-2-5-14(11-15)12-30-17-8-3-7-16(22)19(17)24/h2-3,5-8,11H,4,9-10,12H2,1H3,(H,26,29). The minimum atomic E-state index is -0.168. The zero-order valence-electron chi connectivity index (χ0n) is 16.1. The Kier molecular flexibility index (Phi) is 7.89. The van der Waals surface area contributed by atoms with E-state index in [1.165, 1.54) is 0 Å². The second-order valence-corrected chi connectivity index (χ2v) is 8.08. The van der Waals surface area contributed by atoms with Crippen molar-refractivity contribution in [3.8, 4) is 5.75 Å². The molecule has 0 unspecified atom stereocenters. The summed E-state index contributed by atoms with van der Waals surface area (Å²) < 4.78 is 7.36. The topological polar surface area (TPSA) is 56.2 Å². The molecule has 0 saturated heterocycles. The molecule has 1 amide bonds. The molecule has 158 valence electrons. The highest BCUT2D eigenvalue weighted by Crippen LogP contribution is 2.32. The van der Waals surface area contributed by atoms with Crippen LogP contribution in [0.3, 0.4) is 0 Å². The number of aryl methyl sites for hydroxylation is 2. The summed E-state index contributed by atoms with van der Waals surface area (Å²) in [5.74, 6) is 0.324. The van der Waals surface area contributed by atoms with Crippen LogP contribution in [0.4, 0.5) is 0 Å². The first-order valence-corrected chi connectivity index (χ1v) is 10.7. The zero-order valence-corrected chi connectivity index (χ0v) is 19.1. The number of ether oxygens (including phenoxy) is 1. The van der Waals surface area contributed by atoms with Crippen molar-refractivity contribution in [2.24, 2.45) is 0 Å². The molecule has 30 heavy (non-hydrogen) atoms. The van der Waals surface area contributed by atoms with E-state index in [4.69, 9.17) is 51.1 Å². The Hall–Kier alpha value is -1.92. The Balaban J connectivity index is 1.51. The van der Waals surface area contributed by atoms with Gasteiger partial charge in [-0.1, -0.05) is 64.6 Å². The number of carbonyl (C=O) groups excluding carboxylic acids is 1. The van der Waals surface area contributed by atoms with Gasteiger partial charge in [0.15, 0.2) is 0 Å². The third kappa shape index (κ3) is 5.61. The summed E-state index contributed by atoms with van der Waals surface area (Å²) in [6.07, 6.45) is 0.666. The van der Waals surface area contributed by atoms with Crippen molar-refractivity contribution >= 4 is 52.3 Å². The lowest BCUT2D eigenvalue weighted by Crippen LogP contribution is -2.25. The van der Waals surface area contributed by atoms with Crippen LogP contribution in [-0.4, -0.2) is 22.2 Å². The second kappa shape index (κ2) is 10.4. The normalized spacial score (nSPS) is 10.8. The van der Waals surface area contributed by atoms with E-state index in [2.05, 4.69) is 10.4 Å². The summed E-state index contributed by atoms with van der Waals surface area (Å²) in [5.41, 5.74) is 2.07. The number of aromatic nitrogens is 2. The van der Waals surface area contributed by atoms with Crippen molar-refractivity contribution in [1.29, 1.82) is 0 Å². The monoisotopic (exact) mass is 485 g/mol. The molecule has 0 aliphatic heterocycles. The predicted octanol–water partition coefficient (Wildman–Crippen LogP) is 6.20. The highest BCUT2D eigenvalue weighted by Gasteiger charge is 2.11. The number of hydrogen-bond donors (Lipinski definition) is 1. The molecule has 0 radical (unpaired) electrons. The first kappa shape index (κ1) is 22.8. The SMILES string of the molecule is Cc1nn(CCCNC(=O)c2cccc(COc3cccc(Cl)c3Cl)c2)c(Cl)c1Cl. The highest BCUT2D eigenvalue weighted by atomic mass is 35.5. The molecule has 0 fully saturated rings. The molecule has 3 rings (SSSR count). The maximum absolute atomic E-state index is 12.4. The van der Waals surface area contributed by atoms with Crippen LogP contribution in [0.5, 0.6) is 5.75 Å². The zero-order chi connectivity index (χ0) is 21.7. The summed E-state index contributed by atoms with van der Waals surface area (Å²) in [6, 6.07) is 12.4. The lowest BCUT2D eigenvalue weighted by atomic mass is 10.1. The van der Waals surface area contributed by atoms with Gasteiger partial charge in [-0.05, 0) is 43.2 Å². The van der Waals surface area contributed by atoms with Gasteiger partial charge < -0.3 is 10.1 Å². The molecule has 0 bridgehead atoms. The van der Waals surface area contributed by atoms with Crippen LogP contribution in [0.25, 0.3) is 0 Å². The van der Waals surface area contributed by atoms with Crippen molar-refractivity contribution in [2.45, 2.75) is 26.5 Å². The molecular weight excluding hydrogens is 468 g/mol. The summed E-state index contributed by atoms with van der Waals surface area (Å²) in [5, 5.41) is 8.81. The van der Waals surface area contributed by atoms with Gasteiger partial charge in [0.2, 0.25) is 0 Å². The van der Waals surface area contributed by atoms with Gasteiger partial charge in [0.1, 0.15) is 27.6 Å². The van der Waals surface area contributed by atoms with Gasteiger partial charge >= 0.3 is 0 Å². The van der Waals surface area contributed by atoms with Crippen LogP contribution in [0.15, 0.2) is 42.5 Å². The number of nitrogens with zero attached hydrogens (tertiary/aromatic N) is 2. The van der Waals surface area contributed by atoms with Crippen LogP contribution in [0.2, 0.25) is 20.2 Å². The predicted molar refractivity (Wildman–Crippen MR) is 121 cm³/mol.